The molecule has 0 aromatic carbocycles. The molecule has 9 heteroatoms. The summed E-state index contributed by atoms with van der Waals surface area (Å²) in [5.74, 6) is -1.22. The van der Waals surface area contributed by atoms with Gasteiger partial charge < -0.3 is 15.5 Å². The van der Waals surface area contributed by atoms with Gasteiger partial charge in [0.15, 0.2) is 0 Å². The van der Waals surface area contributed by atoms with Crippen molar-refractivity contribution in [1.82, 2.24) is 0 Å². The quantitative estimate of drug-likeness (QED) is 0.377. The maximum atomic E-state index is 10.3. The van der Waals surface area contributed by atoms with Crippen LogP contribution in [-0.4, -0.2) is 28.3 Å². The first-order chi connectivity index (χ1) is 5.37. The molecule has 1 unspecified atom stereocenters. The Morgan fingerprint density at radius 2 is 2.17 bits per heavy atom. The number of hydrogen-bond acceptors (Lipinski definition) is 5. The van der Waals surface area contributed by atoms with E-state index in [9.17, 15) is 14.3 Å². The number of rotatable bonds is 4. The molecule has 12 heavy (non-hydrogen) atoms. The number of nitroso groups, excluding NO2 is 1. The van der Waals surface area contributed by atoms with Crippen LogP contribution in [0.3, 0.4) is 0 Å². The third-order valence-electron chi connectivity index (χ3n) is 0.829. The summed E-state index contributed by atoms with van der Waals surface area (Å²) in [6.07, 6.45) is 0. The highest BCUT2D eigenvalue weighted by molar-refractivity contribution is 7.46. The molecular formula is C3H7N2O6P. The van der Waals surface area contributed by atoms with Gasteiger partial charge in [0.1, 0.15) is 6.04 Å². The molecule has 0 saturated carbocycles. The minimum Gasteiger partial charge on any atom is -0.318 e. The van der Waals surface area contributed by atoms with Crippen molar-refractivity contribution in [3.05, 3.63) is 4.91 Å². The molecule has 0 aromatic heterocycles. The van der Waals surface area contributed by atoms with Crippen molar-refractivity contribution in [3.8, 4) is 0 Å². The summed E-state index contributed by atoms with van der Waals surface area (Å²) < 4.78 is 13.9. The molecule has 0 rings (SSSR count). The van der Waals surface area contributed by atoms with E-state index in [1.165, 1.54) is 0 Å². The average molecular weight is 198 g/mol. The van der Waals surface area contributed by atoms with Gasteiger partial charge >= 0.3 is 13.7 Å². The van der Waals surface area contributed by atoms with Gasteiger partial charge in [0.25, 0.3) is 0 Å². The normalized spacial score (nSPS) is 13.9. The predicted molar refractivity (Wildman–Crippen MR) is 36.8 cm³/mol. The highest BCUT2D eigenvalue weighted by Crippen LogP contribution is 2.35. The van der Waals surface area contributed by atoms with Crippen LogP contribution < -0.4 is 5.73 Å². The maximum absolute atomic E-state index is 10.3. The zero-order valence-electron chi connectivity index (χ0n) is 5.78. The molecule has 8 nitrogen and oxygen atoms in total. The van der Waals surface area contributed by atoms with Gasteiger partial charge in [-0.2, -0.15) is 0 Å². The maximum Gasteiger partial charge on any atom is 0.469 e. The first-order valence-electron chi connectivity index (χ1n) is 2.69. The van der Waals surface area contributed by atoms with Gasteiger partial charge in [-0.05, 0) is 0 Å². The Morgan fingerprint density at radius 1 is 1.67 bits per heavy atom. The van der Waals surface area contributed by atoms with Crippen LogP contribution >= 0.6 is 7.82 Å². The van der Waals surface area contributed by atoms with E-state index in [0.717, 1.165) is 0 Å². The number of nitrogens with zero attached hydrogens (tertiary/aromatic N) is 1. The number of carbonyl (C=O) groups excluding carboxylic acids is 1. The van der Waals surface area contributed by atoms with E-state index in [-0.39, 0.29) is 0 Å². The van der Waals surface area contributed by atoms with Crippen LogP contribution in [0.25, 0.3) is 0 Å². The molecule has 0 saturated heterocycles. The van der Waals surface area contributed by atoms with Crippen molar-refractivity contribution < 1.29 is 23.7 Å². The molecule has 70 valence electrons. The Hall–Kier alpha value is -0.660. The minimum absolute atomic E-state index is 0.741. The summed E-state index contributed by atoms with van der Waals surface area (Å²) >= 11 is 0. The number of amides is 1. The fourth-order valence-electron chi connectivity index (χ4n) is 0.316. The van der Waals surface area contributed by atoms with Crippen LogP contribution in [0.5, 0.6) is 0 Å². The van der Waals surface area contributed by atoms with E-state index in [0.29, 0.717) is 0 Å². The zero-order valence-corrected chi connectivity index (χ0v) is 6.68. The Bertz CT molecular complexity index is 223. The van der Waals surface area contributed by atoms with Crippen molar-refractivity contribution in [2.45, 2.75) is 6.04 Å². The molecule has 0 bridgehead atoms. The Morgan fingerprint density at radius 3 is 2.50 bits per heavy atom. The van der Waals surface area contributed by atoms with E-state index in [2.05, 4.69) is 4.52 Å². The highest BCUT2D eigenvalue weighted by atomic mass is 31.2. The molecule has 0 radical (unpaired) electrons. The average Bonchev–Trinajstić information content (AvgIpc) is 1.97. The molecule has 0 aliphatic rings. The standard InChI is InChI=1S/C3H7N2O6P/c4-2(3(6)5-7)1-11-12(8,9)10/h2H,1,4H2,(H2,8,9,10). The molecule has 1 atom stereocenters. The second-order valence-corrected chi connectivity index (χ2v) is 3.06. The monoisotopic (exact) mass is 198 g/mol. The van der Waals surface area contributed by atoms with E-state index in [1.54, 1.807) is 0 Å². The van der Waals surface area contributed by atoms with Gasteiger partial charge in [0.2, 0.25) is 0 Å². The predicted octanol–water partition coefficient (Wildman–Crippen LogP) is -1.28. The van der Waals surface area contributed by atoms with Crippen LogP contribution in [0.4, 0.5) is 0 Å². The van der Waals surface area contributed by atoms with Gasteiger partial charge in [-0.3, -0.25) is 9.32 Å². The van der Waals surface area contributed by atoms with E-state index in [1.807, 2.05) is 5.18 Å². The first-order valence-corrected chi connectivity index (χ1v) is 4.22. The number of phosphoric ester groups is 1. The van der Waals surface area contributed by atoms with Crippen LogP contribution in [0.15, 0.2) is 5.18 Å². The fraction of sp³-hybridized carbons (Fsp3) is 0.667. The zero-order chi connectivity index (χ0) is 9.78. The van der Waals surface area contributed by atoms with Crippen molar-refractivity contribution >= 4 is 13.7 Å². The van der Waals surface area contributed by atoms with Gasteiger partial charge in [-0.15, -0.1) is 4.91 Å². The van der Waals surface area contributed by atoms with E-state index < -0.39 is 26.4 Å². The second kappa shape index (κ2) is 4.39. The van der Waals surface area contributed by atoms with Gasteiger partial charge in [0.05, 0.1) is 6.61 Å². The van der Waals surface area contributed by atoms with Gasteiger partial charge in [-0.1, -0.05) is 0 Å². The van der Waals surface area contributed by atoms with Crippen molar-refractivity contribution in [2.75, 3.05) is 6.61 Å². The summed E-state index contributed by atoms with van der Waals surface area (Å²) in [5, 5.41) is 1.94. The summed E-state index contributed by atoms with van der Waals surface area (Å²) in [7, 11) is -4.65. The highest BCUT2D eigenvalue weighted by Gasteiger charge is 2.20. The van der Waals surface area contributed by atoms with E-state index in [4.69, 9.17) is 15.5 Å². The summed E-state index contributed by atoms with van der Waals surface area (Å²) in [5.41, 5.74) is 4.92. The number of hydrogen-bond donors (Lipinski definition) is 3. The molecule has 0 aliphatic carbocycles. The number of carbonyl (C=O) groups is 1. The first kappa shape index (κ1) is 11.3. The smallest absolute Gasteiger partial charge is 0.318 e. The topological polar surface area (TPSA) is 139 Å². The number of phosphoric acid groups is 1. The summed E-state index contributed by atoms with van der Waals surface area (Å²) in [6, 6.07) is -1.44. The molecule has 4 N–H and O–H groups in total. The molecule has 0 aliphatic heterocycles. The number of nitrogens with two attached hydrogens (primary N) is 1. The minimum atomic E-state index is -4.65. The van der Waals surface area contributed by atoms with Crippen molar-refractivity contribution in [3.63, 3.8) is 0 Å². The van der Waals surface area contributed by atoms with E-state index >= 15 is 0 Å². The van der Waals surface area contributed by atoms with Gasteiger partial charge in [-0.25, -0.2) is 4.57 Å². The largest absolute Gasteiger partial charge is 0.469 e. The van der Waals surface area contributed by atoms with Gasteiger partial charge in [0, 0.05) is 5.18 Å². The lowest BCUT2D eigenvalue weighted by Gasteiger charge is -2.07. The third-order valence-corrected chi connectivity index (χ3v) is 1.31. The van der Waals surface area contributed by atoms with Crippen LogP contribution in [0.1, 0.15) is 0 Å². The lowest BCUT2D eigenvalue weighted by atomic mass is 10.3. The lowest BCUT2D eigenvalue weighted by molar-refractivity contribution is -0.119. The Balaban J connectivity index is 3.87. The SMILES string of the molecule is NC(COP(=O)(O)O)C(=O)N=O. The lowest BCUT2D eigenvalue weighted by Crippen LogP contribution is -2.33. The Labute approximate surface area is 66.9 Å². The molecule has 0 fully saturated rings. The third kappa shape index (κ3) is 5.05. The molecule has 0 spiro atoms. The fourth-order valence-corrected chi connectivity index (χ4v) is 0.671. The molecule has 0 heterocycles. The van der Waals surface area contributed by atoms with Crippen LogP contribution in [-0.2, 0) is 13.9 Å². The van der Waals surface area contributed by atoms with Crippen LogP contribution in [0.2, 0.25) is 0 Å². The summed E-state index contributed by atoms with van der Waals surface area (Å²) in [6.45, 7) is -0.741. The summed E-state index contributed by atoms with van der Waals surface area (Å²) in [4.78, 5) is 36.1. The van der Waals surface area contributed by atoms with Crippen molar-refractivity contribution in [1.29, 1.82) is 0 Å². The van der Waals surface area contributed by atoms with Crippen molar-refractivity contribution in [2.24, 2.45) is 10.9 Å². The molecule has 0 aromatic rings. The Kier molecular flexibility index (Phi) is 4.15. The second-order valence-electron chi connectivity index (χ2n) is 1.82. The molecular weight excluding hydrogens is 191 g/mol. The van der Waals surface area contributed by atoms with Crippen LogP contribution in [0, 0.1) is 4.91 Å². The molecule has 1 amide bonds.